The molecule has 0 N–H and O–H groups in total. The van der Waals surface area contributed by atoms with Crippen LogP contribution in [0.1, 0.15) is 67.2 Å². The minimum Gasteiger partial charge on any atom is -0.413 e. The molecule has 0 spiro atoms. The first kappa shape index (κ1) is 18.8. The summed E-state index contributed by atoms with van der Waals surface area (Å²) in [5.41, 5.74) is -0.303. The highest BCUT2D eigenvalue weighted by molar-refractivity contribution is 6.73. The number of hydrogen-bond donors (Lipinski definition) is 0. The molecular weight excluding hydrogens is 252 g/mol. The van der Waals surface area contributed by atoms with Gasteiger partial charge < -0.3 is 9.22 Å². The quantitative estimate of drug-likeness (QED) is 0.386. The molecule has 0 aromatic rings. The van der Waals surface area contributed by atoms with Crippen LogP contribution in [0.5, 0.6) is 0 Å². The zero-order chi connectivity index (χ0) is 14.9. The zero-order valence-corrected chi connectivity index (χ0v) is 14.9. The fraction of sp³-hybridized carbons (Fsp3) is 0.938. The third-order valence-corrected chi connectivity index (χ3v) is 9.32. The van der Waals surface area contributed by atoms with E-state index >= 15 is 0 Å². The van der Waals surface area contributed by atoms with Crippen LogP contribution in [-0.2, 0) is 9.22 Å². The lowest BCUT2D eigenvalue weighted by atomic mass is 9.80. The Bertz CT molecular complexity index is 243. The highest BCUT2D eigenvalue weighted by Crippen LogP contribution is 2.35. The average Bonchev–Trinajstić information content (AvgIpc) is 2.44. The minimum atomic E-state index is -1.63. The predicted octanol–water partition coefficient (Wildman–Crippen LogP) is 5.18. The van der Waals surface area contributed by atoms with Gasteiger partial charge in [0, 0.05) is 5.41 Å². The second-order valence-electron chi connectivity index (χ2n) is 6.01. The molecular formula is C16H34O2Si. The summed E-state index contributed by atoms with van der Waals surface area (Å²) >= 11 is 0. The van der Waals surface area contributed by atoms with Gasteiger partial charge in [0.1, 0.15) is 6.29 Å². The minimum absolute atomic E-state index is 0.112. The van der Waals surface area contributed by atoms with Crippen LogP contribution in [0.4, 0.5) is 0 Å². The van der Waals surface area contributed by atoms with E-state index in [2.05, 4.69) is 41.5 Å². The smallest absolute Gasteiger partial charge is 0.192 e. The van der Waals surface area contributed by atoms with Crippen LogP contribution in [0.2, 0.25) is 18.1 Å². The Labute approximate surface area is 121 Å². The van der Waals surface area contributed by atoms with Crippen LogP contribution in [0.3, 0.4) is 0 Å². The first-order valence-electron chi connectivity index (χ1n) is 8.11. The van der Waals surface area contributed by atoms with Gasteiger partial charge in [-0.2, -0.15) is 0 Å². The predicted molar refractivity (Wildman–Crippen MR) is 86.1 cm³/mol. The van der Waals surface area contributed by atoms with Crippen LogP contribution in [0.15, 0.2) is 0 Å². The lowest BCUT2D eigenvalue weighted by Gasteiger charge is -2.40. The van der Waals surface area contributed by atoms with Gasteiger partial charge in [0.25, 0.3) is 0 Å². The Morgan fingerprint density at radius 3 is 1.89 bits per heavy atom. The van der Waals surface area contributed by atoms with Crippen molar-refractivity contribution in [2.75, 3.05) is 0 Å². The molecule has 0 aliphatic heterocycles. The van der Waals surface area contributed by atoms with E-state index in [-0.39, 0.29) is 11.5 Å². The lowest BCUT2D eigenvalue weighted by molar-refractivity contribution is -0.121. The van der Waals surface area contributed by atoms with Crippen molar-refractivity contribution in [3.63, 3.8) is 0 Å². The molecule has 0 heterocycles. The summed E-state index contributed by atoms with van der Waals surface area (Å²) in [6.45, 7) is 13.2. The molecule has 0 unspecified atom stereocenters. The van der Waals surface area contributed by atoms with Crippen molar-refractivity contribution < 1.29 is 9.22 Å². The maximum absolute atomic E-state index is 11.6. The molecule has 0 saturated carbocycles. The Kier molecular flexibility index (Phi) is 8.84. The molecule has 0 saturated heterocycles. The number of carbonyl (C=O) groups excluding carboxylic acids is 1. The van der Waals surface area contributed by atoms with Crippen molar-refractivity contribution in [1.29, 1.82) is 0 Å². The van der Waals surface area contributed by atoms with E-state index in [0.717, 1.165) is 50.1 Å². The van der Waals surface area contributed by atoms with Crippen LogP contribution in [0, 0.1) is 5.41 Å². The van der Waals surface area contributed by atoms with E-state index in [0.29, 0.717) is 0 Å². The molecule has 0 aliphatic rings. The van der Waals surface area contributed by atoms with Gasteiger partial charge in [-0.25, -0.2) is 0 Å². The van der Waals surface area contributed by atoms with Gasteiger partial charge in [-0.05, 0) is 31.0 Å². The van der Waals surface area contributed by atoms with Crippen LogP contribution < -0.4 is 0 Å². The molecule has 0 amide bonds. The Morgan fingerprint density at radius 2 is 1.58 bits per heavy atom. The van der Waals surface area contributed by atoms with Gasteiger partial charge in [-0.3, -0.25) is 0 Å². The number of hydrogen-bond acceptors (Lipinski definition) is 2. The molecule has 0 aromatic heterocycles. The van der Waals surface area contributed by atoms with E-state index in [9.17, 15) is 4.79 Å². The van der Waals surface area contributed by atoms with Crippen molar-refractivity contribution in [3.8, 4) is 0 Å². The summed E-state index contributed by atoms with van der Waals surface area (Å²) < 4.78 is 6.64. The highest BCUT2D eigenvalue weighted by atomic mass is 28.4. The van der Waals surface area contributed by atoms with Crippen LogP contribution in [0.25, 0.3) is 0 Å². The van der Waals surface area contributed by atoms with Crippen molar-refractivity contribution in [3.05, 3.63) is 0 Å². The lowest BCUT2D eigenvalue weighted by Crippen LogP contribution is -2.46. The van der Waals surface area contributed by atoms with Gasteiger partial charge in [0.15, 0.2) is 8.32 Å². The van der Waals surface area contributed by atoms with Gasteiger partial charge in [0.2, 0.25) is 0 Å². The van der Waals surface area contributed by atoms with Gasteiger partial charge >= 0.3 is 0 Å². The standard InChI is InChI=1S/C16H34O2Si/c1-7-12-15(16(6,14-17)13-8-2)18-19(9-3,10-4)11-5/h14-15H,7-13H2,1-6H3/t15-,16-/m0/s1. The molecule has 2 atom stereocenters. The Morgan fingerprint density at radius 1 is 1.05 bits per heavy atom. The third kappa shape index (κ3) is 5.03. The fourth-order valence-corrected chi connectivity index (χ4v) is 5.91. The molecule has 0 rings (SSSR count). The Balaban J connectivity index is 5.13. The molecule has 114 valence electrons. The molecule has 0 radical (unpaired) electrons. The summed E-state index contributed by atoms with van der Waals surface area (Å²) in [7, 11) is -1.63. The van der Waals surface area contributed by atoms with Gasteiger partial charge in [-0.1, -0.05) is 54.4 Å². The zero-order valence-electron chi connectivity index (χ0n) is 13.9. The molecule has 0 aliphatic carbocycles. The number of carbonyl (C=O) groups is 1. The van der Waals surface area contributed by atoms with Crippen LogP contribution >= 0.6 is 0 Å². The van der Waals surface area contributed by atoms with Gasteiger partial charge in [0.05, 0.1) is 6.10 Å². The van der Waals surface area contributed by atoms with Crippen LogP contribution in [-0.4, -0.2) is 20.7 Å². The molecule has 0 fully saturated rings. The van der Waals surface area contributed by atoms with Gasteiger partial charge in [-0.15, -0.1) is 0 Å². The third-order valence-electron chi connectivity index (χ3n) is 4.67. The molecule has 3 heteroatoms. The van der Waals surface area contributed by atoms with Crippen molar-refractivity contribution in [2.45, 2.75) is 91.5 Å². The summed E-state index contributed by atoms with van der Waals surface area (Å²) in [6, 6.07) is 3.46. The maximum atomic E-state index is 11.6. The first-order valence-corrected chi connectivity index (χ1v) is 10.6. The monoisotopic (exact) mass is 286 g/mol. The van der Waals surface area contributed by atoms with E-state index < -0.39 is 8.32 Å². The molecule has 0 bridgehead atoms. The summed E-state index contributed by atoms with van der Waals surface area (Å²) in [5.74, 6) is 0. The molecule has 19 heavy (non-hydrogen) atoms. The topological polar surface area (TPSA) is 26.3 Å². The maximum Gasteiger partial charge on any atom is 0.192 e. The number of aldehydes is 1. The normalized spacial score (nSPS) is 16.9. The summed E-state index contributed by atoms with van der Waals surface area (Å²) in [6.07, 6.45) is 5.32. The van der Waals surface area contributed by atoms with Crippen molar-refractivity contribution >= 4 is 14.6 Å². The molecule has 0 aromatic carbocycles. The molecule has 2 nitrogen and oxygen atoms in total. The second kappa shape index (κ2) is 8.91. The fourth-order valence-electron chi connectivity index (χ4n) is 2.92. The van der Waals surface area contributed by atoms with E-state index in [4.69, 9.17) is 4.43 Å². The Hall–Kier alpha value is -0.153. The van der Waals surface area contributed by atoms with E-state index in [1.807, 2.05) is 0 Å². The number of rotatable bonds is 11. The summed E-state index contributed by atoms with van der Waals surface area (Å²) in [5, 5.41) is 0. The van der Waals surface area contributed by atoms with E-state index in [1.54, 1.807) is 0 Å². The SMILES string of the molecule is CCC[C@H](O[Si](CC)(CC)CC)[C@](C)(C=O)CCC. The average molecular weight is 287 g/mol. The highest BCUT2D eigenvalue weighted by Gasteiger charge is 2.40. The van der Waals surface area contributed by atoms with E-state index in [1.165, 1.54) is 0 Å². The summed E-state index contributed by atoms with van der Waals surface area (Å²) in [4.78, 5) is 11.6. The largest absolute Gasteiger partial charge is 0.413 e. The van der Waals surface area contributed by atoms with Crippen molar-refractivity contribution in [2.24, 2.45) is 5.41 Å². The second-order valence-corrected chi connectivity index (χ2v) is 10.7. The van der Waals surface area contributed by atoms with Crippen molar-refractivity contribution in [1.82, 2.24) is 0 Å². The first-order chi connectivity index (χ1) is 8.97.